The zero-order chi connectivity index (χ0) is 15.6. The van der Waals surface area contributed by atoms with Gasteiger partial charge >= 0.3 is 0 Å². The summed E-state index contributed by atoms with van der Waals surface area (Å²) in [6, 6.07) is 4.83. The average molecular weight is 324 g/mol. The van der Waals surface area contributed by atoms with Crippen LogP contribution in [0.4, 0.5) is 5.00 Å². The first-order valence-corrected chi connectivity index (χ1v) is 9.12. The standard InChI is InChI=1S/C16H28N4OS/c1-3-17-16(18-9-12-21-4-2)19-14-7-10-20(11-8-14)15-6-5-13-22-15/h5-6,13-14H,3-4,7-12H2,1-2H3,(H2,17,18,19). The van der Waals surface area contributed by atoms with E-state index >= 15 is 0 Å². The predicted octanol–water partition coefficient (Wildman–Crippen LogP) is 2.31. The fraction of sp³-hybridized carbons (Fsp3) is 0.688. The van der Waals surface area contributed by atoms with Crippen molar-refractivity contribution in [3.05, 3.63) is 17.5 Å². The first-order valence-electron chi connectivity index (χ1n) is 8.24. The number of aliphatic imine (C=N–C) groups is 1. The van der Waals surface area contributed by atoms with E-state index in [1.54, 1.807) is 0 Å². The number of hydrogen-bond donors (Lipinski definition) is 2. The van der Waals surface area contributed by atoms with Crippen molar-refractivity contribution in [2.24, 2.45) is 4.99 Å². The Morgan fingerprint density at radius 3 is 2.86 bits per heavy atom. The molecule has 2 N–H and O–H groups in total. The average Bonchev–Trinajstić information content (AvgIpc) is 3.07. The molecule has 1 saturated heterocycles. The van der Waals surface area contributed by atoms with Crippen LogP contribution in [0.25, 0.3) is 0 Å². The SMILES string of the molecule is CCNC(=NCCOCC)NC1CCN(c2cccs2)CC1. The van der Waals surface area contributed by atoms with Crippen molar-refractivity contribution < 1.29 is 4.74 Å². The number of rotatable bonds is 7. The van der Waals surface area contributed by atoms with Crippen molar-refractivity contribution in [3.63, 3.8) is 0 Å². The number of hydrogen-bond acceptors (Lipinski definition) is 4. The third kappa shape index (κ3) is 5.50. The highest BCUT2D eigenvalue weighted by molar-refractivity contribution is 7.14. The Morgan fingerprint density at radius 1 is 1.41 bits per heavy atom. The molecule has 0 atom stereocenters. The van der Waals surface area contributed by atoms with Crippen LogP contribution < -0.4 is 15.5 Å². The van der Waals surface area contributed by atoms with Crippen molar-refractivity contribution in [2.45, 2.75) is 32.7 Å². The van der Waals surface area contributed by atoms with Gasteiger partial charge in [-0.1, -0.05) is 0 Å². The molecule has 0 spiro atoms. The molecular formula is C16H28N4OS. The number of thiophene rings is 1. The third-order valence-electron chi connectivity index (χ3n) is 3.71. The molecule has 0 unspecified atom stereocenters. The Morgan fingerprint density at radius 2 is 2.23 bits per heavy atom. The number of ether oxygens (including phenoxy) is 1. The highest BCUT2D eigenvalue weighted by Crippen LogP contribution is 2.24. The number of nitrogens with zero attached hydrogens (tertiary/aromatic N) is 2. The molecule has 1 aliphatic rings. The lowest BCUT2D eigenvalue weighted by molar-refractivity contribution is 0.155. The third-order valence-corrected chi connectivity index (χ3v) is 4.64. The molecule has 0 bridgehead atoms. The number of nitrogens with one attached hydrogen (secondary N) is 2. The molecular weight excluding hydrogens is 296 g/mol. The quantitative estimate of drug-likeness (QED) is 0.459. The molecule has 0 saturated carbocycles. The van der Waals surface area contributed by atoms with Gasteiger partial charge in [0.25, 0.3) is 0 Å². The Labute approximate surface area is 137 Å². The minimum atomic E-state index is 0.501. The van der Waals surface area contributed by atoms with Crippen molar-refractivity contribution in [2.75, 3.05) is 44.3 Å². The van der Waals surface area contributed by atoms with Gasteiger partial charge in [-0.05, 0) is 44.2 Å². The summed E-state index contributed by atoms with van der Waals surface area (Å²) in [7, 11) is 0. The number of anilines is 1. The fourth-order valence-electron chi connectivity index (χ4n) is 2.57. The molecule has 2 heterocycles. The Bertz CT molecular complexity index is 427. The lowest BCUT2D eigenvalue weighted by atomic mass is 10.1. The molecule has 0 aromatic carbocycles. The lowest BCUT2D eigenvalue weighted by Crippen LogP contribution is -2.48. The van der Waals surface area contributed by atoms with Gasteiger partial charge in [-0.2, -0.15) is 0 Å². The second kappa shape index (κ2) is 9.69. The van der Waals surface area contributed by atoms with Crippen LogP contribution in [0.1, 0.15) is 26.7 Å². The zero-order valence-corrected chi connectivity index (χ0v) is 14.5. The van der Waals surface area contributed by atoms with E-state index in [1.807, 2.05) is 18.3 Å². The maximum absolute atomic E-state index is 5.34. The van der Waals surface area contributed by atoms with E-state index in [9.17, 15) is 0 Å². The number of piperidine rings is 1. The second-order valence-electron chi connectivity index (χ2n) is 5.31. The topological polar surface area (TPSA) is 48.9 Å². The monoisotopic (exact) mass is 324 g/mol. The normalized spacial score (nSPS) is 16.8. The Hall–Kier alpha value is -1.27. The van der Waals surface area contributed by atoms with Crippen molar-refractivity contribution in [3.8, 4) is 0 Å². The van der Waals surface area contributed by atoms with Gasteiger partial charge in [-0.25, -0.2) is 0 Å². The van der Waals surface area contributed by atoms with Crippen LogP contribution in [-0.2, 0) is 4.74 Å². The highest BCUT2D eigenvalue weighted by Gasteiger charge is 2.20. The van der Waals surface area contributed by atoms with E-state index in [0.717, 1.165) is 45.0 Å². The van der Waals surface area contributed by atoms with Crippen LogP contribution in [0.2, 0.25) is 0 Å². The van der Waals surface area contributed by atoms with Crippen molar-refractivity contribution in [1.82, 2.24) is 10.6 Å². The zero-order valence-electron chi connectivity index (χ0n) is 13.7. The van der Waals surface area contributed by atoms with Crippen LogP contribution in [-0.4, -0.2) is 51.4 Å². The van der Waals surface area contributed by atoms with E-state index in [4.69, 9.17) is 4.74 Å². The maximum Gasteiger partial charge on any atom is 0.191 e. The smallest absolute Gasteiger partial charge is 0.191 e. The van der Waals surface area contributed by atoms with Gasteiger partial charge in [0.1, 0.15) is 0 Å². The molecule has 0 amide bonds. The molecule has 0 aliphatic carbocycles. The summed E-state index contributed by atoms with van der Waals surface area (Å²) >= 11 is 1.82. The summed E-state index contributed by atoms with van der Waals surface area (Å²) in [6.07, 6.45) is 2.29. The fourth-order valence-corrected chi connectivity index (χ4v) is 3.36. The van der Waals surface area contributed by atoms with Crippen LogP contribution in [0.5, 0.6) is 0 Å². The van der Waals surface area contributed by atoms with Gasteiger partial charge in [0.2, 0.25) is 0 Å². The largest absolute Gasteiger partial charge is 0.380 e. The molecule has 1 aromatic heterocycles. The van der Waals surface area contributed by atoms with Crippen LogP contribution in [0, 0.1) is 0 Å². The summed E-state index contributed by atoms with van der Waals surface area (Å²) in [5, 5.41) is 10.4. The van der Waals surface area contributed by atoms with Crippen molar-refractivity contribution >= 4 is 22.3 Å². The summed E-state index contributed by atoms with van der Waals surface area (Å²) < 4.78 is 5.34. The second-order valence-corrected chi connectivity index (χ2v) is 6.24. The van der Waals surface area contributed by atoms with Gasteiger partial charge in [-0.15, -0.1) is 11.3 Å². The van der Waals surface area contributed by atoms with Gasteiger partial charge in [-0.3, -0.25) is 4.99 Å². The molecule has 1 fully saturated rings. The van der Waals surface area contributed by atoms with E-state index in [-0.39, 0.29) is 0 Å². The molecule has 6 heteroatoms. The molecule has 1 aliphatic heterocycles. The van der Waals surface area contributed by atoms with Gasteiger partial charge < -0.3 is 20.3 Å². The maximum atomic E-state index is 5.34. The van der Waals surface area contributed by atoms with E-state index < -0.39 is 0 Å². The summed E-state index contributed by atoms with van der Waals surface area (Å²) in [6.45, 7) is 9.34. The van der Waals surface area contributed by atoms with Gasteiger partial charge in [0.05, 0.1) is 18.2 Å². The van der Waals surface area contributed by atoms with Gasteiger partial charge in [0.15, 0.2) is 5.96 Å². The molecule has 0 radical (unpaired) electrons. The minimum absolute atomic E-state index is 0.501. The summed E-state index contributed by atoms with van der Waals surface area (Å²) in [5.41, 5.74) is 0. The number of guanidine groups is 1. The predicted molar refractivity (Wildman–Crippen MR) is 95.2 cm³/mol. The van der Waals surface area contributed by atoms with E-state index in [1.165, 1.54) is 5.00 Å². The van der Waals surface area contributed by atoms with Crippen LogP contribution in [0.15, 0.2) is 22.5 Å². The molecule has 124 valence electrons. The van der Waals surface area contributed by atoms with Gasteiger partial charge in [0, 0.05) is 32.3 Å². The van der Waals surface area contributed by atoms with E-state index in [0.29, 0.717) is 19.2 Å². The summed E-state index contributed by atoms with van der Waals surface area (Å²) in [5.74, 6) is 0.914. The summed E-state index contributed by atoms with van der Waals surface area (Å²) in [4.78, 5) is 7.05. The van der Waals surface area contributed by atoms with Crippen molar-refractivity contribution in [1.29, 1.82) is 0 Å². The Balaban J connectivity index is 1.76. The Kier molecular flexibility index (Phi) is 7.53. The highest BCUT2D eigenvalue weighted by atomic mass is 32.1. The van der Waals surface area contributed by atoms with E-state index in [2.05, 4.69) is 45.0 Å². The molecule has 1 aromatic rings. The molecule has 2 rings (SSSR count). The minimum Gasteiger partial charge on any atom is -0.380 e. The first-order chi connectivity index (χ1) is 10.8. The van der Waals surface area contributed by atoms with Crippen LogP contribution >= 0.6 is 11.3 Å². The molecule has 22 heavy (non-hydrogen) atoms. The van der Waals surface area contributed by atoms with Crippen LogP contribution in [0.3, 0.4) is 0 Å². The first kappa shape index (κ1) is 17.1. The lowest BCUT2D eigenvalue weighted by Gasteiger charge is -2.33. The molecule has 5 nitrogen and oxygen atoms in total.